The first-order chi connectivity index (χ1) is 6.18. The maximum atomic E-state index is 10.9. The summed E-state index contributed by atoms with van der Waals surface area (Å²) >= 11 is 0. The molecule has 6 heteroatoms. The van der Waals surface area contributed by atoms with E-state index in [1.807, 2.05) is 0 Å². The van der Waals surface area contributed by atoms with E-state index in [9.17, 15) is 4.79 Å². The normalized spacial score (nSPS) is 15.5. The molecule has 13 heavy (non-hydrogen) atoms. The smallest absolute Gasteiger partial charge is 0.315 e. The number of nitrogen functional groups attached to an aromatic ring is 1. The van der Waals surface area contributed by atoms with Crippen LogP contribution in [0.3, 0.4) is 0 Å². The third kappa shape index (κ3) is 1.20. The molecular weight excluding hydrogens is 172 g/mol. The SMILES string of the molecule is NC(=O)N1CCc2onc(N)c2C1. The van der Waals surface area contributed by atoms with Crippen LogP contribution in [0.5, 0.6) is 0 Å². The summed E-state index contributed by atoms with van der Waals surface area (Å²) in [5, 5.41) is 3.62. The number of nitrogens with zero attached hydrogens (tertiary/aromatic N) is 2. The van der Waals surface area contributed by atoms with E-state index in [4.69, 9.17) is 16.0 Å². The number of fused-ring (bicyclic) bond motifs is 1. The van der Waals surface area contributed by atoms with E-state index in [1.54, 1.807) is 0 Å². The third-order valence-electron chi connectivity index (χ3n) is 2.17. The predicted molar refractivity (Wildman–Crippen MR) is 44.6 cm³/mol. The average molecular weight is 182 g/mol. The van der Waals surface area contributed by atoms with Crippen molar-refractivity contribution >= 4 is 11.8 Å². The molecule has 1 aromatic heterocycles. The molecular formula is C7H10N4O2. The fourth-order valence-electron chi connectivity index (χ4n) is 1.42. The lowest BCUT2D eigenvalue weighted by Crippen LogP contribution is -2.39. The van der Waals surface area contributed by atoms with Gasteiger partial charge in [0.2, 0.25) is 0 Å². The van der Waals surface area contributed by atoms with Gasteiger partial charge in [-0.3, -0.25) is 0 Å². The minimum Gasteiger partial charge on any atom is -0.381 e. The maximum absolute atomic E-state index is 10.9. The summed E-state index contributed by atoms with van der Waals surface area (Å²) in [4.78, 5) is 12.4. The van der Waals surface area contributed by atoms with Crippen molar-refractivity contribution in [1.29, 1.82) is 0 Å². The highest BCUT2D eigenvalue weighted by molar-refractivity contribution is 5.72. The van der Waals surface area contributed by atoms with Crippen molar-refractivity contribution in [3.63, 3.8) is 0 Å². The van der Waals surface area contributed by atoms with Crippen molar-refractivity contribution in [3.05, 3.63) is 11.3 Å². The Bertz CT molecular complexity index is 346. The number of anilines is 1. The molecule has 4 N–H and O–H groups in total. The topological polar surface area (TPSA) is 98.4 Å². The molecule has 0 bridgehead atoms. The molecule has 70 valence electrons. The summed E-state index contributed by atoms with van der Waals surface area (Å²) in [6, 6.07) is -0.439. The zero-order chi connectivity index (χ0) is 9.42. The van der Waals surface area contributed by atoms with Crippen LogP contribution in [-0.2, 0) is 13.0 Å². The molecule has 0 aromatic carbocycles. The van der Waals surface area contributed by atoms with E-state index < -0.39 is 6.03 Å². The Hall–Kier alpha value is -1.72. The van der Waals surface area contributed by atoms with E-state index in [0.717, 1.165) is 11.3 Å². The van der Waals surface area contributed by atoms with Gasteiger partial charge in [-0.25, -0.2) is 4.79 Å². The molecule has 0 atom stereocenters. The molecule has 1 aliphatic rings. The number of carbonyl (C=O) groups is 1. The standard InChI is InChI=1S/C7H10N4O2/c8-6-4-3-11(7(9)12)2-1-5(4)13-10-6/h1-3H2,(H2,8,10)(H2,9,12). The second-order valence-electron chi connectivity index (χ2n) is 2.98. The lowest BCUT2D eigenvalue weighted by molar-refractivity contribution is 0.198. The highest BCUT2D eigenvalue weighted by atomic mass is 16.5. The van der Waals surface area contributed by atoms with Crippen molar-refractivity contribution < 1.29 is 9.32 Å². The average Bonchev–Trinajstić information content (AvgIpc) is 2.47. The molecule has 1 aliphatic heterocycles. The molecule has 0 radical (unpaired) electrons. The summed E-state index contributed by atoms with van der Waals surface area (Å²) in [5.74, 6) is 1.11. The highest BCUT2D eigenvalue weighted by Gasteiger charge is 2.24. The van der Waals surface area contributed by atoms with E-state index >= 15 is 0 Å². The van der Waals surface area contributed by atoms with Crippen LogP contribution in [0.4, 0.5) is 10.6 Å². The quantitative estimate of drug-likeness (QED) is 0.575. The number of rotatable bonds is 0. The Balaban J connectivity index is 2.27. The number of urea groups is 1. The van der Waals surface area contributed by atoms with Crippen molar-refractivity contribution in [3.8, 4) is 0 Å². The number of carbonyl (C=O) groups excluding carboxylic acids is 1. The van der Waals surface area contributed by atoms with Crippen LogP contribution in [0.2, 0.25) is 0 Å². The van der Waals surface area contributed by atoms with Crippen LogP contribution in [0, 0.1) is 0 Å². The highest BCUT2D eigenvalue weighted by Crippen LogP contribution is 2.23. The molecule has 0 saturated heterocycles. The largest absolute Gasteiger partial charge is 0.381 e. The molecule has 1 aromatic rings. The van der Waals surface area contributed by atoms with Gasteiger partial charge in [0.1, 0.15) is 5.76 Å². The molecule has 0 saturated carbocycles. The van der Waals surface area contributed by atoms with Gasteiger partial charge in [-0.2, -0.15) is 0 Å². The first-order valence-corrected chi connectivity index (χ1v) is 3.95. The lowest BCUT2D eigenvalue weighted by atomic mass is 10.1. The van der Waals surface area contributed by atoms with Gasteiger partial charge in [0.25, 0.3) is 0 Å². The number of aromatic nitrogens is 1. The van der Waals surface area contributed by atoms with Crippen LogP contribution in [0.25, 0.3) is 0 Å². The lowest BCUT2D eigenvalue weighted by Gasteiger charge is -2.23. The van der Waals surface area contributed by atoms with Crippen LogP contribution < -0.4 is 11.5 Å². The van der Waals surface area contributed by atoms with Gasteiger partial charge < -0.3 is 20.9 Å². The third-order valence-corrected chi connectivity index (χ3v) is 2.17. The van der Waals surface area contributed by atoms with Crippen molar-refractivity contribution in [2.24, 2.45) is 5.73 Å². The van der Waals surface area contributed by atoms with E-state index in [-0.39, 0.29) is 0 Å². The molecule has 0 aliphatic carbocycles. The Morgan fingerprint density at radius 2 is 2.38 bits per heavy atom. The van der Waals surface area contributed by atoms with Crippen LogP contribution in [0.15, 0.2) is 4.52 Å². The molecule has 6 nitrogen and oxygen atoms in total. The Labute approximate surface area is 74.5 Å². The molecule has 2 rings (SSSR count). The first kappa shape index (κ1) is 7.90. The van der Waals surface area contributed by atoms with E-state index in [1.165, 1.54) is 4.90 Å². The summed E-state index contributed by atoms with van der Waals surface area (Å²) in [5.41, 5.74) is 11.5. The number of hydrogen-bond donors (Lipinski definition) is 2. The van der Waals surface area contributed by atoms with Crippen LogP contribution in [0.1, 0.15) is 11.3 Å². The zero-order valence-corrected chi connectivity index (χ0v) is 6.99. The van der Waals surface area contributed by atoms with Gasteiger partial charge in [-0.1, -0.05) is 5.16 Å². The minimum atomic E-state index is -0.439. The number of nitrogens with two attached hydrogens (primary N) is 2. The number of hydrogen-bond acceptors (Lipinski definition) is 4. The fraction of sp³-hybridized carbons (Fsp3) is 0.429. The number of amides is 2. The predicted octanol–water partition coefficient (Wildman–Crippen LogP) is -0.306. The molecule has 0 spiro atoms. The Kier molecular flexibility index (Phi) is 1.61. The second-order valence-corrected chi connectivity index (χ2v) is 2.98. The maximum Gasteiger partial charge on any atom is 0.315 e. The molecule has 0 unspecified atom stereocenters. The zero-order valence-electron chi connectivity index (χ0n) is 6.99. The van der Waals surface area contributed by atoms with Crippen molar-refractivity contribution in [2.45, 2.75) is 13.0 Å². The summed E-state index contributed by atoms with van der Waals surface area (Å²) in [6.45, 7) is 0.969. The molecule has 2 heterocycles. The van der Waals surface area contributed by atoms with Gasteiger partial charge in [0.15, 0.2) is 5.82 Å². The van der Waals surface area contributed by atoms with Gasteiger partial charge in [-0.05, 0) is 0 Å². The van der Waals surface area contributed by atoms with Gasteiger partial charge in [0, 0.05) is 13.0 Å². The Morgan fingerprint density at radius 3 is 3.08 bits per heavy atom. The van der Waals surface area contributed by atoms with Gasteiger partial charge in [0.05, 0.1) is 12.1 Å². The van der Waals surface area contributed by atoms with E-state index in [0.29, 0.717) is 25.3 Å². The summed E-state index contributed by atoms with van der Waals surface area (Å²) in [7, 11) is 0. The fourth-order valence-corrected chi connectivity index (χ4v) is 1.42. The monoisotopic (exact) mass is 182 g/mol. The van der Waals surface area contributed by atoms with E-state index in [2.05, 4.69) is 5.16 Å². The summed E-state index contributed by atoms with van der Waals surface area (Å²) < 4.78 is 4.96. The van der Waals surface area contributed by atoms with Gasteiger partial charge >= 0.3 is 6.03 Å². The van der Waals surface area contributed by atoms with Crippen LogP contribution >= 0.6 is 0 Å². The molecule has 0 fully saturated rings. The van der Waals surface area contributed by atoms with Gasteiger partial charge in [-0.15, -0.1) is 0 Å². The Morgan fingerprint density at radius 1 is 1.62 bits per heavy atom. The first-order valence-electron chi connectivity index (χ1n) is 3.95. The molecule has 2 amide bonds. The van der Waals surface area contributed by atoms with Crippen LogP contribution in [-0.4, -0.2) is 22.6 Å². The second kappa shape index (κ2) is 2.65. The number of primary amides is 1. The summed E-state index contributed by atoms with van der Waals surface area (Å²) in [6.07, 6.45) is 0.627. The van der Waals surface area contributed by atoms with Crippen molar-refractivity contribution in [1.82, 2.24) is 10.1 Å². The van der Waals surface area contributed by atoms with Crippen molar-refractivity contribution in [2.75, 3.05) is 12.3 Å². The minimum absolute atomic E-state index is 0.348.